The lowest BCUT2D eigenvalue weighted by molar-refractivity contribution is 0.560. The van der Waals surface area contributed by atoms with Gasteiger partial charge < -0.3 is 0 Å². The van der Waals surface area contributed by atoms with Crippen LogP contribution in [-0.4, -0.2) is 15.1 Å². The maximum atomic E-state index is 8.68. The third-order valence-electron chi connectivity index (χ3n) is 1.50. The molecule has 0 N–H and O–H groups in total. The fraction of sp³-hybridized carbons (Fsp3) is 0.875. The van der Waals surface area contributed by atoms with E-state index in [1.54, 1.807) is 0 Å². The number of hydrogen-bond donors (Lipinski definition) is 0. The average molecular weight is 158 g/mol. The summed E-state index contributed by atoms with van der Waals surface area (Å²) in [5.41, 5.74) is 0. The average Bonchev–Trinajstić information content (AvgIpc) is 1.64. The highest BCUT2D eigenvalue weighted by Gasteiger charge is 2.15. The van der Waals surface area contributed by atoms with Crippen molar-refractivity contribution in [2.24, 2.45) is 0 Å². The van der Waals surface area contributed by atoms with Crippen molar-refractivity contribution in [3.05, 3.63) is 0 Å². The van der Waals surface area contributed by atoms with Crippen LogP contribution < -0.4 is 0 Å². The van der Waals surface area contributed by atoms with Gasteiger partial charge in [0.25, 0.3) is 0 Å². The van der Waals surface area contributed by atoms with E-state index in [-0.39, 0.29) is 8.80 Å². The Labute approximate surface area is 66.4 Å². The van der Waals surface area contributed by atoms with E-state index >= 15 is 0 Å². The lowest BCUT2D eigenvalue weighted by atomic mass is 10.2. The van der Waals surface area contributed by atoms with Gasteiger partial charge in [0.05, 0.1) is 0 Å². The first kappa shape index (κ1) is 12.6. The molecular formula is C8H18OSi. The van der Waals surface area contributed by atoms with E-state index in [0.717, 1.165) is 0 Å². The van der Waals surface area contributed by atoms with Gasteiger partial charge in [-0.1, -0.05) is 33.9 Å². The van der Waals surface area contributed by atoms with Crippen LogP contribution in [0.15, 0.2) is 0 Å². The molecule has 0 amide bonds. The maximum Gasteiger partial charge on any atom is 0.195 e. The summed E-state index contributed by atoms with van der Waals surface area (Å²) in [6, 6.07) is 0. The molecule has 0 heterocycles. The lowest BCUT2D eigenvalue weighted by Gasteiger charge is -2.20. The Morgan fingerprint density at radius 2 is 1.30 bits per heavy atom. The fourth-order valence-corrected chi connectivity index (χ4v) is 0. The zero-order chi connectivity index (χ0) is 8.78. The molecule has 0 bridgehead atoms. The molecule has 60 valence electrons. The Morgan fingerprint density at radius 3 is 1.30 bits per heavy atom. The second kappa shape index (κ2) is 5.66. The first-order chi connectivity index (χ1) is 4.36. The third-order valence-corrected chi connectivity index (χ3v) is 4.50. The molecular weight excluding hydrogens is 140 g/mol. The van der Waals surface area contributed by atoms with Crippen LogP contribution in [0.2, 0.25) is 18.1 Å². The lowest BCUT2D eigenvalue weighted by Crippen LogP contribution is -2.16. The minimum atomic E-state index is -0.0502. The van der Waals surface area contributed by atoms with Crippen molar-refractivity contribution in [3.63, 3.8) is 0 Å². The van der Waals surface area contributed by atoms with Gasteiger partial charge in [0.15, 0.2) is 6.29 Å². The van der Waals surface area contributed by atoms with Gasteiger partial charge in [-0.05, 0) is 5.04 Å². The molecule has 0 atom stereocenters. The second-order valence-electron chi connectivity index (χ2n) is 3.45. The molecule has 0 aromatic carbocycles. The van der Waals surface area contributed by atoms with Gasteiger partial charge in [-0.2, -0.15) is 0 Å². The summed E-state index contributed by atoms with van der Waals surface area (Å²) in [6.07, 6.45) is 1.50. The summed E-state index contributed by atoms with van der Waals surface area (Å²) in [7, 11) is -0.0502. The normalized spacial score (nSPS) is 10.3. The van der Waals surface area contributed by atoms with Crippen molar-refractivity contribution in [3.8, 4) is 0 Å². The molecule has 2 heteroatoms. The van der Waals surface area contributed by atoms with Crippen molar-refractivity contribution in [2.45, 2.75) is 45.8 Å². The number of carbonyl (C=O) groups excluding carboxylic acids is 1. The Hall–Kier alpha value is -0.113. The van der Waals surface area contributed by atoms with E-state index in [1.165, 1.54) is 13.2 Å². The highest BCUT2D eigenvalue weighted by atomic mass is 28.3. The summed E-state index contributed by atoms with van der Waals surface area (Å²) >= 11 is 0. The van der Waals surface area contributed by atoms with Crippen LogP contribution >= 0.6 is 0 Å². The molecule has 0 saturated carbocycles. The Morgan fingerprint density at radius 1 is 1.20 bits per heavy atom. The van der Waals surface area contributed by atoms with Gasteiger partial charge in [-0.15, -0.1) is 0 Å². The van der Waals surface area contributed by atoms with Crippen LogP contribution in [0.5, 0.6) is 0 Å². The zero-order valence-corrected chi connectivity index (χ0v) is 8.91. The molecule has 0 aromatic rings. The Kier molecular flexibility index (Phi) is 7.10. The summed E-state index contributed by atoms with van der Waals surface area (Å²) < 4.78 is 0. The van der Waals surface area contributed by atoms with Crippen molar-refractivity contribution >= 4 is 15.1 Å². The van der Waals surface area contributed by atoms with Crippen LogP contribution in [0.1, 0.15) is 27.7 Å². The van der Waals surface area contributed by atoms with Crippen molar-refractivity contribution in [1.82, 2.24) is 0 Å². The van der Waals surface area contributed by atoms with E-state index in [0.29, 0.717) is 5.04 Å². The molecule has 0 aromatic heterocycles. The highest BCUT2D eigenvalue weighted by molar-refractivity contribution is 6.59. The van der Waals surface area contributed by atoms with E-state index in [9.17, 15) is 0 Å². The molecule has 0 aliphatic heterocycles. The molecule has 0 rings (SSSR count). The second-order valence-corrected chi connectivity index (χ2v) is 6.95. The van der Waals surface area contributed by atoms with Crippen LogP contribution in [0.3, 0.4) is 0 Å². The van der Waals surface area contributed by atoms with Crippen molar-refractivity contribution < 1.29 is 4.79 Å². The largest absolute Gasteiger partial charge is 0.291 e. The third kappa shape index (κ3) is 10.8. The maximum absolute atomic E-state index is 8.68. The first-order valence-electron chi connectivity index (χ1n) is 3.45. The summed E-state index contributed by atoms with van der Waals surface area (Å²) in [4.78, 5) is 8.68. The van der Waals surface area contributed by atoms with Crippen LogP contribution in [0.4, 0.5) is 0 Å². The smallest absolute Gasteiger partial charge is 0.195 e. The quantitative estimate of drug-likeness (QED) is 0.495. The molecule has 1 nitrogen and oxygen atoms in total. The Balaban J connectivity index is 0. The number of rotatable bonds is 0. The molecule has 0 spiro atoms. The minimum absolute atomic E-state index is 0.0502. The van der Waals surface area contributed by atoms with E-state index in [4.69, 9.17) is 4.79 Å². The summed E-state index contributed by atoms with van der Waals surface area (Å²) in [6.45, 7) is 12.9. The van der Waals surface area contributed by atoms with E-state index in [2.05, 4.69) is 33.9 Å². The fourth-order valence-electron chi connectivity index (χ4n) is 0. The summed E-state index contributed by atoms with van der Waals surface area (Å²) in [5, 5.41) is 0.602. The van der Waals surface area contributed by atoms with Gasteiger partial charge in [0.1, 0.15) is 0 Å². The molecule has 0 fully saturated rings. The topological polar surface area (TPSA) is 17.1 Å². The predicted octanol–water partition coefficient (Wildman–Crippen LogP) is 2.66. The highest BCUT2D eigenvalue weighted by Crippen LogP contribution is 2.25. The molecule has 10 heavy (non-hydrogen) atoms. The Bertz CT molecular complexity index is 81.7. The van der Waals surface area contributed by atoms with Crippen molar-refractivity contribution in [2.75, 3.05) is 0 Å². The predicted molar refractivity (Wildman–Crippen MR) is 48.6 cm³/mol. The van der Waals surface area contributed by atoms with E-state index in [1.807, 2.05) is 0 Å². The molecule has 2 radical (unpaired) electrons. The zero-order valence-electron chi connectivity index (χ0n) is 7.91. The monoisotopic (exact) mass is 158 g/mol. The molecule has 0 aliphatic carbocycles. The van der Waals surface area contributed by atoms with E-state index < -0.39 is 0 Å². The molecule has 0 unspecified atom stereocenters. The van der Waals surface area contributed by atoms with Crippen LogP contribution in [-0.2, 0) is 4.79 Å². The van der Waals surface area contributed by atoms with Gasteiger partial charge in [0, 0.05) is 15.7 Å². The van der Waals surface area contributed by atoms with Gasteiger partial charge in [-0.3, -0.25) is 4.79 Å². The van der Waals surface area contributed by atoms with Gasteiger partial charge in [-0.25, -0.2) is 0 Å². The van der Waals surface area contributed by atoms with Crippen LogP contribution in [0, 0.1) is 0 Å². The molecule has 0 saturated heterocycles. The SMILES string of the molecule is C[C]=O.C[Si](C)C(C)(C)C. The minimum Gasteiger partial charge on any atom is -0.291 e. The van der Waals surface area contributed by atoms with Crippen molar-refractivity contribution in [1.29, 1.82) is 0 Å². The first-order valence-corrected chi connectivity index (χ1v) is 5.95. The standard InChI is InChI=1S/C6H15Si.C2H3O/c1-6(2,3)7(4)5;1-2-3/h1-5H3;1H3. The van der Waals surface area contributed by atoms with Crippen LogP contribution in [0.25, 0.3) is 0 Å². The number of hydrogen-bond acceptors (Lipinski definition) is 1. The summed E-state index contributed by atoms with van der Waals surface area (Å²) in [5.74, 6) is 0. The van der Waals surface area contributed by atoms with Gasteiger partial charge in [0.2, 0.25) is 0 Å². The van der Waals surface area contributed by atoms with Gasteiger partial charge >= 0.3 is 0 Å². The molecule has 0 aliphatic rings.